The lowest BCUT2D eigenvalue weighted by molar-refractivity contribution is -0.207. The average molecular weight is 559 g/mol. The predicted molar refractivity (Wildman–Crippen MR) is 146 cm³/mol. The standard InChI is InChI=1S/C31H46N2O7/c1-18(34)40-25-15-31(38)23-6-5-21-13-19(24-16-32-11-4-12-33(24)28(36)37)7-9-29(21,2)22(23)8-10-30(31,3)27(25)20-14-26(35)39-17-20/h14,19,21-25,27,32,38H,4-13,15-17H2,1-3H3,(H,36,37)/t19-,21+,22-,23+,24?,25-,27-,29-,30+,31-/m0/s1. The summed E-state index contributed by atoms with van der Waals surface area (Å²) in [4.78, 5) is 38.0. The van der Waals surface area contributed by atoms with E-state index in [1.807, 2.05) is 0 Å². The van der Waals surface area contributed by atoms with Crippen molar-refractivity contribution >= 4 is 18.0 Å². The number of carboxylic acid groups (broad SMARTS) is 1. The Labute approximate surface area is 237 Å². The summed E-state index contributed by atoms with van der Waals surface area (Å²) in [5.74, 6) is 0.356. The molecule has 0 radical (unpaired) electrons. The van der Waals surface area contributed by atoms with E-state index >= 15 is 0 Å². The smallest absolute Gasteiger partial charge is 0.407 e. The molecule has 5 fully saturated rings. The molecule has 4 aliphatic carbocycles. The maximum atomic E-state index is 12.7. The van der Waals surface area contributed by atoms with Crippen molar-refractivity contribution in [2.75, 3.05) is 26.2 Å². The molecular formula is C31H46N2O7. The third-order valence-electron chi connectivity index (χ3n) is 12.6. The highest BCUT2D eigenvalue weighted by Gasteiger charge is 2.71. The van der Waals surface area contributed by atoms with Gasteiger partial charge in [-0.05, 0) is 92.6 Å². The first kappa shape index (κ1) is 28.0. The highest BCUT2D eigenvalue weighted by atomic mass is 16.5. The summed E-state index contributed by atoms with van der Waals surface area (Å²) < 4.78 is 11.1. The summed E-state index contributed by atoms with van der Waals surface area (Å²) in [5, 5.41) is 26.1. The fourth-order valence-electron chi connectivity index (χ4n) is 10.7. The summed E-state index contributed by atoms with van der Waals surface area (Å²) in [7, 11) is 0. The van der Waals surface area contributed by atoms with Crippen LogP contribution in [0.2, 0.25) is 0 Å². The normalized spacial score (nSPS) is 46.8. The van der Waals surface area contributed by atoms with Crippen LogP contribution in [0.15, 0.2) is 11.6 Å². The molecule has 10 atom stereocenters. The van der Waals surface area contributed by atoms with Crippen molar-refractivity contribution in [3.63, 3.8) is 0 Å². The summed E-state index contributed by atoms with van der Waals surface area (Å²) in [5.41, 5.74) is -0.580. The van der Waals surface area contributed by atoms with Gasteiger partial charge < -0.3 is 29.9 Å². The number of hydrogen-bond acceptors (Lipinski definition) is 7. The summed E-state index contributed by atoms with van der Waals surface area (Å²) in [6.07, 6.45) is 8.36. The van der Waals surface area contributed by atoms with Gasteiger partial charge in [-0.1, -0.05) is 13.8 Å². The Bertz CT molecular complexity index is 1090. The first-order chi connectivity index (χ1) is 19.0. The van der Waals surface area contributed by atoms with Gasteiger partial charge in [0.15, 0.2) is 0 Å². The highest BCUT2D eigenvalue weighted by molar-refractivity contribution is 5.85. The molecule has 2 heterocycles. The van der Waals surface area contributed by atoms with Gasteiger partial charge >= 0.3 is 18.0 Å². The molecule has 222 valence electrons. The minimum absolute atomic E-state index is 0.0193. The molecule has 1 saturated heterocycles. The molecule has 1 amide bonds. The molecule has 40 heavy (non-hydrogen) atoms. The number of amides is 1. The van der Waals surface area contributed by atoms with Crippen molar-refractivity contribution in [2.45, 2.75) is 96.3 Å². The SMILES string of the molecule is CC(=O)O[C@H]1C[C@]2(O)[C@@H]3CC[C@@H]4C[C@@H](C5CNCCCN5C(=O)O)CC[C@]4(C)[C@H]3CC[C@]2(C)[C@H]1C1=CC(=O)OC1. The Kier molecular flexibility index (Phi) is 7.00. The zero-order valence-electron chi connectivity index (χ0n) is 24.2. The molecule has 1 unspecified atom stereocenters. The lowest BCUT2D eigenvalue weighted by Gasteiger charge is -2.64. The van der Waals surface area contributed by atoms with Crippen LogP contribution in [0.1, 0.15) is 78.6 Å². The lowest BCUT2D eigenvalue weighted by Crippen LogP contribution is -2.62. The molecule has 6 aliphatic rings. The van der Waals surface area contributed by atoms with Gasteiger partial charge in [0, 0.05) is 43.8 Å². The van der Waals surface area contributed by atoms with E-state index in [1.165, 1.54) is 6.92 Å². The van der Waals surface area contributed by atoms with Crippen molar-refractivity contribution in [3.05, 3.63) is 11.6 Å². The molecular weight excluding hydrogens is 512 g/mol. The van der Waals surface area contributed by atoms with Crippen LogP contribution in [0.3, 0.4) is 0 Å². The zero-order valence-corrected chi connectivity index (χ0v) is 24.2. The number of ether oxygens (including phenoxy) is 2. The Balaban J connectivity index is 1.26. The summed E-state index contributed by atoms with van der Waals surface area (Å²) in [6.45, 7) is 8.38. The number of nitrogens with zero attached hydrogens (tertiary/aromatic N) is 1. The maximum absolute atomic E-state index is 12.7. The number of carbonyl (C=O) groups is 3. The Hall–Kier alpha value is -2.13. The number of nitrogens with one attached hydrogen (secondary N) is 1. The second kappa shape index (κ2) is 10.0. The first-order valence-electron chi connectivity index (χ1n) is 15.4. The van der Waals surface area contributed by atoms with Crippen molar-refractivity contribution in [1.82, 2.24) is 10.2 Å². The van der Waals surface area contributed by atoms with Gasteiger partial charge in [0.25, 0.3) is 0 Å². The van der Waals surface area contributed by atoms with E-state index in [0.29, 0.717) is 30.7 Å². The molecule has 0 bridgehead atoms. The number of cyclic esters (lactones) is 1. The van der Waals surface area contributed by atoms with Crippen LogP contribution in [0.4, 0.5) is 4.79 Å². The second-order valence-corrected chi connectivity index (χ2v) is 14.2. The minimum atomic E-state index is -0.997. The van der Waals surface area contributed by atoms with Crippen LogP contribution >= 0.6 is 0 Å². The number of esters is 2. The molecule has 3 N–H and O–H groups in total. The van der Waals surface area contributed by atoms with E-state index in [9.17, 15) is 24.6 Å². The summed E-state index contributed by atoms with van der Waals surface area (Å²) >= 11 is 0. The number of rotatable bonds is 3. The fourth-order valence-corrected chi connectivity index (χ4v) is 10.7. The quantitative estimate of drug-likeness (QED) is 0.448. The molecule has 0 aromatic carbocycles. The van der Waals surface area contributed by atoms with Crippen LogP contribution in [-0.4, -0.2) is 77.1 Å². The van der Waals surface area contributed by atoms with Gasteiger partial charge in [-0.2, -0.15) is 0 Å². The van der Waals surface area contributed by atoms with Crippen LogP contribution in [-0.2, 0) is 19.1 Å². The van der Waals surface area contributed by atoms with Crippen molar-refractivity contribution in [1.29, 1.82) is 0 Å². The van der Waals surface area contributed by atoms with Crippen molar-refractivity contribution in [3.8, 4) is 0 Å². The van der Waals surface area contributed by atoms with Gasteiger partial charge in [0.1, 0.15) is 12.7 Å². The van der Waals surface area contributed by atoms with Crippen molar-refractivity contribution < 1.29 is 34.1 Å². The molecule has 4 saturated carbocycles. The monoisotopic (exact) mass is 558 g/mol. The van der Waals surface area contributed by atoms with E-state index < -0.39 is 23.2 Å². The van der Waals surface area contributed by atoms with Gasteiger partial charge in [-0.25, -0.2) is 9.59 Å². The van der Waals surface area contributed by atoms with Gasteiger partial charge in [0.05, 0.1) is 11.6 Å². The van der Waals surface area contributed by atoms with E-state index in [0.717, 1.165) is 70.0 Å². The fraction of sp³-hybridized carbons (Fsp3) is 0.839. The van der Waals surface area contributed by atoms with Crippen LogP contribution in [0.5, 0.6) is 0 Å². The first-order valence-corrected chi connectivity index (χ1v) is 15.4. The van der Waals surface area contributed by atoms with Crippen LogP contribution in [0.25, 0.3) is 0 Å². The number of fused-ring (bicyclic) bond motifs is 5. The van der Waals surface area contributed by atoms with Gasteiger partial charge in [0.2, 0.25) is 0 Å². The lowest BCUT2D eigenvalue weighted by atomic mass is 9.42. The summed E-state index contributed by atoms with van der Waals surface area (Å²) in [6, 6.07) is 0.0193. The Morgan fingerprint density at radius 1 is 1.15 bits per heavy atom. The topological polar surface area (TPSA) is 125 Å². The molecule has 0 spiro atoms. The second-order valence-electron chi connectivity index (χ2n) is 14.2. The number of hydrogen-bond donors (Lipinski definition) is 3. The van der Waals surface area contributed by atoms with Crippen LogP contribution < -0.4 is 5.32 Å². The van der Waals surface area contributed by atoms with E-state index in [1.54, 1.807) is 11.0 Å². The zero-order chi connectivity index (χ0) is 28.4. The molecule has 0 aromatic heterocycles. The Morgan fingerprint density at radius 3 is 2.65 bits per heavy atom. The number of carbonyl (C=O) groups excluding carboxylic acids is 2. The van der Waals surface area contributed by atoms with E-state index in [-0.39, 0.29) is 41.8 Å². The predicted octanol–water partition coefficient (Wildman–Crippen LogP) is 3.74. The molecule has 9 nitrogen and oxygen atoms in total. The van der Waals surface area contributed by atoms with E-state index in [4.69, 9.17) is 9.47 Å². The largest absolute Gasteiger partial charge is 0.465 e. The third-order valence-corrected chi connectivity index (χ3v) is 12.6. The molecule has 6 rings (SSSR count). The minimum Gasteiger partial charge on any atom is -0.465 e. The molecule has 0 aromatic rings. The van der Waals surface area contributed by atoms with Crippen LogP contribution in [0, 0.1) is 40.4 Å². The van der Waals surface area contributed by atoms with Crippen molar-refractivity contribution in [2.24, 2.45) is 40.4 Å². The molecule has 2 aliphatic heterocycles. The van der Waals surface area contributed by atoms with Gasteiger partial charge in [-0.15, -0.1) is 0 Å². The molecule has 9 heteroatoms. The average Bonchev–Trinajstić information content (AvgIpc) is 3.27. The highest BCUT2D eigenvalue weighted by Crippen LogP contribution is 2.70. The maximum Gasteiger partial charge on any atom is 0.407 e. The Morgan fingerprint density at radius 2 is 1.95 bits per heavy atom. The third kappa shape index (κ3) is 4.20. The number of aliphatic hydroxyl groups is 1. The van der Waals surface area contributed by atoms with Gasteiger partial charge in [-0.3, -0.25) is 4.79 Å². The van der Waals surface area contributed by atoms with E-state index in [2.05, 4.69) is 19.2 Å².